The summed E-state index contributed by atoms with van der Waals surface area (Å²) in [4.78, 5) is 14.3. The predicted molar refractivity (Wildman–Crippen MR) is 95.5 cm³/mol. The summed E-state index contributed by atoms with van der Waals surface area (Å²) in [5, 5.41) is 0. The molecule has 1 unspecified atom stereocenters. The Labute approximate surface area is 140 Å². The summed E-state index contributed by atoms with van der Waals surface area (Å²) < 4.78 is 5.82. The molecule has 1 saturated heterocycles. The van der Waals surface area contributed by atoms with Gasteiger partial charge in [0.1, 0.15) is 5.75 Å². The van der Waals surface area contributed by atoms with E-state index in [4.69, 9.17) is 4.74 Å². The molecule has 2 rings (SSSR count). The molecule has 0 saturated carbocycles. The number of amides is 1. The summed E-state index contributed by atoms with van der Waals surface area (Å²) in [7, 11) is 0. The second-order valence-corrected chi connectivity index (χ2v) is 6.32. The van der Waals surface area contributed by atoms with Crippen molar-refractivity contribution < 1.29 is 9.53 Å². The third-order valence-corrected chi connectivity index (χ3v) is 4.49. The first-order valence-electron chi connectivity index (χ1n) is 8.85. The molecular weight excluding hydrogens is 286 g/mol. The third-order valence-electron chi connectivity index (χ3n) is 4.49. The minimum absolute atomic E-state index is 0.142. The molecule has 1 aromatic carbocycles. The number of benzene rings is 1. The van der Waals surface area contributed by atoms with Crippen molar-refractivity contribution in [2.45, 2.75) is 46.5 Å². The van der Waals surface area contributed by atoms with Crippen LogP contribution < -0.4 is 4.74 Å². The van der Waals surface area contributed by atoms with Gasteiger partial charge in [0, 0.05) is 24.6 Å². The van der Waals surface area contributed by atoms with E-state index in [1.807, 2.05) is 30.0 Å². The lowest BCUT2D eigenvalue weighted by atomic mass is 9.98. The number of carbonyl (C=O) groups excluding carboxylic acids is 1. The zero-order valence-corrected chi connectivity index (χ0v) is 14.7. The highest BCUT2D eigenvalue weighted by molar-refractivity contribution is 5.78. The highest BCUT2D eigenvalue weighted by Crippen LogP contribution is 2.26. The summed E-state index contributed by atoms with van der Waals surface area (Å²) in [5.41, 5.74) is 2.56. The first-order chi connectivity index (χ1) is 11.2. The van der Waals surface area contributed by atoms with Crippen LogP contribution >= 0.6 is 0 Å². The fourth-order valence-electron chi connectivity index (χ4n) is 2.81. The Hall–Kier alpha value is -1.77. The van der Waals surface area contributed by atoms with Crippen LogP contribution in [0.5, 0.6) is 5.75 Å². The minimum atomic E-state index is 0.142. The normalized spacial score (nSPS) is 16.1. The lowest BCUT2D eigenvalue weighted by Gasteiger charge is -2.30. The first kappa shape index (κ1) is 17.6. The van der Waals surface area contributed by atoms with E-state index in [-0.39, 0.29) is 5.92 Å². The molecule has 0 radical (unpaired) electrons. The van der Waals surface area contributed by atoms with E-state index in [0.29, 0.717) is 5.91 Å². The summed E-state index contributed by atoms with van der Waals surface area (Å²) in [6.07, 6.45) is 6.10. The molecule has 3 nitrogen and oxygen atoms in total. The molecule has 126 valence electrons. The van der Waals surface area contributed by atoms with Crippen LogP contribution in [-0.4, -0.2) is 30.5 Å². The number of piperidine rings is 1. The van der Waals surface area contributed by atoms with Gasteiger partial charge in [0.05, 0.1) is 6.61 Å². The Morgan fingerprint density at radius 1 is 1.26 bits per heavy atom. The van der Waals surface area contributed by atoms with Crippen LogP contribution in [0.15, 0.2) is 29.8 Å². The van der Waals surface area contributed by atoms with Crippen molar-refractivity contribution in [3.8, 4) is 5.75 Å². The van der Waals surface area contributed by atoms with Gasteiger partial charge >= 0.3 is 0 Å². The molecule has 0 aromatic heterocycles. The zero-order chi connectivity index (χ0) is 16.7. The van der Waals surface area contributed by atoms with Crippen molar-refractivity contribution in [2.75, 3.05) is 19.7 Å². The topological polar surface area (TPSA) is 29.5 Å². The van der Waals surface area contributed by atoms with E-state index in [1.165, 1.54) is 5.57 Å². The van der Waals surface area contributed by atoms with E-state index < -0.39 is 0 Å². The van der Waals surface area contributed by atoms with Crippen molar-refractivity contribution in [3.63, 3.8) is 0 Å². The van der Waals surface area contributed by atoms with Crippen LogP contribution in [0.4, 0.5) is 0 Å². The minimum Gasteiger partial charge on any atom is -0.493 e. The Morgan fingerprint density at radius 3 is 2.61 bits per heavy atom. The van der Waals surface area contributed by atoms with Crippen LogP contribution in [0.2, 0.25) is 0 Å². The second-order valence-electron chi connectivity index (χ2n) is 6.32. The molecule has 3 heteroatoms. The zero-order valence-electron chi connectivity index (χ0n) is 14.7. The van der Waals surface area contributed by atoms with Gasteiger partial charge in [0.15, 0.2) is 0 Å². The number of carbonyl (C=O) groups is 1. The van der Waals surface area contributed by atoms with Gasteiger partial charge in [-0.05, 0) is 31.7 Å². The first-order valence-corrected chi connectivity index (χ1v) is 8.85. The third kappa shape index (κ3) is 4.85. The van der Waals surface area contributed by atoms with Gasteiger partial charge in [-0.25, -0.2) is 0 Å². The molecule has 1 aliphatic heterocycles. The van der Waals surface area contributed by atoms with Crippen molar-refractivity contribution in [2.24, 2.45) is 5.92 Å². The SMILES string of the molecule is CCCOc1ccccc1C=C1CCN(C(=O)C(C)CC)CC1. The van der Waals surface area contributed by atoms with Crippen molar-refractivity contribution in [1.82, 2.24) is 4.90 Å². The van der Waals surface area contributed by atoms with Gasteiger partial charge in [0.25, 0.3) is 0 Å². The maximum absolute atomic E-state index is 12.3. The standard InChI is InChI=1S/C20H29NO2/c1-4-14-23-19-9-7-6-8-18(19)15-17-10-12-21(13-11-17)20(22)16(3)5-2/h6-9,15-16H,4-5,10-14H2,1-3H3. The molecule has 0 bridgehead atoms. The second kappa shape index (κ2) is 8.76. The van der Waals surface area contributed by atoms with E-state index >= 15 is 0 Å². The van der Waals surface area contributed by atoms with E-state index in [9.17, 15) is 4.79 Å². The van der Waals surface area contributed by atoms with Gasteiger partial charge in [0.2, 0.25) is 5.91 Å². The summed E-state index contributed by atoms with van der Waals surface area (Å²) in [6.45, 7) is 8.64. The predicted octanol–water partition coefficient (Wildman–Crippen LogP) is 4.53. The van der Waals surface area contributed by atoms with Crippen LogP contribution in [0.1, 0.15) is 52.0 Å². The molecule has 1 atom stereocenters. The van der Waals surface area contributed by atoms with E-state index in [2.05, 4.69) is 26.0 Å². The molecule has 1 aliphatic rings. The Balaban J connectivity index is 2.00. The quantitative estimate of drug-likeness (QED) is 0.772. The molecule has 1 fully saturated rings. The van der Waals surface area contributed by atoms with Gasteiger partial charge in [-0.1, -0.05) is 50.6 Å². The highest BCUT2D eigenvalue weighted by atomic mass is 16.5. The van der Waals surface area contributed by atoms with Crippen LogP contribution in [0.25, 0.3) is 6.08 Å². The largest absolute Gasteiger partial charge is 0.493 e. The average Bonchev–Trinajstić information content (AvgIpc) is 2.60. The number of ether oxygens (including phenoxy) is 1. The number of para-hydroxylation sites is 1. The van der Waals surface area contributed by atoms with Crippen LogP contribution in [-0.2, 0) is 4.79 Å². The molecular formula is C20H29NO2. The monoisotopic (exact) mass is 315 g/mol. The van der Waals surface area contributed by atoms with Gasteiger partial charge in [-0.3, -0.25) is 4.79 Å². The van der Waals surface area contributed by atoms with Crippen molar-refractivity contribution >= 4 is 12.0 Å². The van der Waals surface area contributed by atoms with E-state index in [1.54, 1.807) is 0 Å². The molecule has 23 heavy (non-hydrogen) atoms. The Morgan fingerprint density at radius 2 is 1.96 bits per heavy atom. The summed E-state index contributed by atoms with van der Waals surface area (Å²) >= 11 is 0. The molecule has 0 spiro atoms. The number of hydrogen-bond donors (Lipinski definition) is 0. The maximum atomic E-state index is 12.3. The number of hydrogen-bond acceptors (Lipinski definition) is 2. The molecule has 1 amide bonds. The van der Waals surface area contributed by atoms with Gasteiger partial charge in [-0.2, -0.15) is 0 Å². The lowest BCUT2D eigenvalue weighted by molar-refractivity contribution is -0.135. The summed E-state index contributed by atoms with van der Waals surface area (Å²) in [6, 6.07) is 8.20. The van der Waals surface area contributed by atoms with Crippen molar-refractivity contribution in [1.29, 1.82) is 0 Å². The molecule has 1 aromatic rings. The number of nitrogens with zero attached hydrogens (tertiary/aromatic N) is 1. The summed E-state index contributed by atoms with van der Waals surface area (Å²) in [5.74, 6) is 1.40. The number of rotatable bonds is 6. The smallest absolute Gasteiger partial charge is 0.225 e. The fourth-order valence-corrected chi connectivity index (χ4v) is 2.81. The Kier molecular flexibility index (Phi) is 6.69. The van der Waals surface area contributed by atoms with Gasteiger partial charge in [-0.15, -0.1) is 0 Å². The fraction of sp³-hybridized carbons (Fsp3) is 0.550. The molecule has 0 N–H and O–H groups in total. The molecule has 0 aliphatic carbocycles. The average molecular weight is 315 g/mol. The van der Waals surface area contributed by atoms with Crippen LogP contribution in [0, 0.1) is 5.92 Å². The highest BCUT2D eigenvalue weighted by Gasteiger charge is 2.22. The van der Waals surface area contributed by atoms with Crippen LogP contribution in [0.3, 0.4) is 0 Å². The maximum Gasteiger partial charge on any atom is 0.225 e. The molecule has 1 heterocycles. The van der Waals surface area contributed by atoms with Crippen molar-refractivity contribution in [3.05, 3.63) is 35.4 Å². The lowest BCUT2D eigenvalue weighted by Crippen LogP contribution is -2.39. The van der Waals surface area contributed by atoms with Gasteiger partial charge < -0.3 is 9.64 Å². The Bertz CT molecular complexity index is 540. The van der Waals surface area contributed by atoms with E-state index in [0.717, 1.165) is 56.7 Å². The number of likely N-dealkylation sites (tertiary alicyclic amines) is 1.